The molecule has 0 saturated carbocycles. The number of fused-ring (bicyclic) bond motifs is 12. The van der Waals surface area contributed by atoms with Gasteiger partial charge < -0.3 is 14.3 Å². The minimum Gasteiger partial charge on any atom is -0.455 e. The molecule has 13 rings (SSSR count). The molecule has 2 heterocycles. The number of para-hydroxylation sites is 2. The number of furan rings is 1. The predicted molar refractivity (Wildman–Crippen MR) is 264 cm³/mol. The van der Waals surface area contributed by atoms with E-state index >= 15 is 0 Å². The van der Waals surface area contributed by atoms with Crippen molar-refractivity contribution in [3.63, 3.8) is 0 Å². The Morgan fingerprint density at radius 2 is 0.984 bits per heavy atom. The van der Waals surface area contributed by atoms with Crippen molar-refractivity contribution in [3.05, 3.63) is 210 Å². The Balaban J connectivity index is 0.929. The molecule has 2 aromatic heterocycles. The predicted octanol–water partition coefficient (Wildman–Crippen LogP) is 16.6. The Hall–Kier alpha value is -7.62. The zero-order valence-corrected chi connectivity index (χ0v) is 35.8. The lowest BCUT2D eigenvalue weighted by Crippen LogP contribution is -2.16. The van der Waals surface area contributed by atoms with E-state index in [1.54, 1.807) is 0 Å². The summed E-state index contributed by atoms with van der Waals surface area (Å²) in [5, 5.41) is 4.79. The van der Waals surface area contributed by atoms with Crippen LogP contribution in [0.2, 0.25) is 0 Å². The molecule has 0 unspecified atom stereocenters. The van der Waals surface area contributed by atoms with E-state index in [1.165, 1.54) is 77.6 Å². The van der Waals surface area contributed by atoms with Gasteiger partial charge in [0.15, 0.2) is 0 Å². The third-order valence-electron chi connectivity index (χ3n) is 14.4. The van der Waals surface area contributed by atoms with Crippen LogP contribution in [0, 0.1) is 0 Å². The molecule has 2 aliphatic rings. The van der Waals surface area contributed by atoms with Gasteiger partial charge in [0.05, 0.1) is 5.69 Å². The maximum Gasteiger partial charge on any atom is 0.143 e. The third kappa shape index (κ3) is 5.14. The van der Waals surface area contributed by atoms with Gasteiger partial charge in [-0.25, -0.2) is 0 Å². The first kappa shape index (κ1) is 36.1. The number of benzene rings is 9. The topological polar surface area (TPSA) is 32.2 Å². The fraction of sp³-hybridized carbons (Fsp3) is 0.100. The van der Waals surface area contributed by atoms with Crippen LogP contribution >= 0.6 is 0 Å². The second-order valence-electron chi connectivity index (χ2n) is 18.6. The summed E-state index contributed by atoms with van der Waals surface area (Å²) < 4.78 is 6.47. The average molecular weight is 809 g/mol. The molecule has 9 aromatic carbocycles. The van der Waals surface area contributed by atoms with Gasteiger partial charge in [-0.3, -0.25) is 0 Å². The quantitative estimate of drug-likeness (QED) is 0.188. The number of aromatic nitrogens is 1. The fourth-order valence-electron chi connectivity index (χ4n) is 11.2. The van der Waals surface area contributed by atoms with Crippen molar-refractivity contribution in [2.75, 3.05) is 4.90 Å². The largest absolute Gasteiger partial charge is 0.455 e. The number of aromatic amines is 1. The van der Waals surface area contributed by atoms with Crippen molar-refractivity contribution in [2.24, 2.45) is 0 Å². The number of hydrogen-bond donors (Lipinski definition) is 1. The maximum atomic E-state index is 6.47. The van der Waals surface area contributed by atoms with Crippen LogP contribution in [-0.4, -0.2) is 4.98 Å². The fourth-order valence-corrected chi connectivity index (χ4v) is 11.2. The van der Waals surface area contributed by atoms with E-state index in [4.69, 9.17) is 4.42 Å². The molecule has 0 amide bonds. The highest BCUT2D eigenvalue weighted by Crippen LogP contribution is 2.55. The lowest BCUT2D eigenvalue weighted by molar-refractivity contribution is 0.660. The summed E-state index contributed by atoms with van der Waals surface area (Å²) in [7, 11) is 0. The molecule has 0 atom stereocenters. The van der Waals surface area contributed by atoms with E-state index in [-0.39, 0.29) is 10.8 Å². The zero-order valence-electron chi connectivity index (χ0n) is 35.8. The number of hydrogen-bond acceptors (Lipinski definition) is 2. The first-order valence-electron chi connectivity index (χ1n) is 22.1. The smallest absolute Gasteiger partial charge is 0.143 e. The molecule has 2 aliphatic carbocycles. The zero-order chi connectivity index (χ0) is 42.2. The molecule has 3 nitrogen and oxygen atoms in total. The standard InChI is InChI=1S/C60H44N2O/c1-59(2)50-19-9-6-15-45(50)57-51(59)20-12-21-55(57)62(40-30-25-37(26-31-40)41-16-11-17-44-43-14-7-10-22-56(43)63-58(41)44)39-28-23-36(24-29-39)38-27-32-53-47(33-38)48-34-46-42-13-5-8-18-49(42)60(3,4)52(46)35-54(48)61-53/h5-35,61H,1-4H3. The van der Waals surface area contributed by atoms with Gasteiger partial charge >= 0.3 is 0 Å². The number of anilines is 3. The first-order chi connectivity index (χ1) is 30.7. The van der Waals surface area contributed by atoms with Gasteiger partial charge in [-0.2, -0.15) is 0 Å². The monoisotopic (exact) mass is 808 g/mol. The molecule has 3 heteroatoms. The molecule has 0 radical (unpaired) electrons. The van der Waals surface area contributed by atoms with Crippen LogP contribution in [0.1, 0.15) is 49.9 Å². The number of nitrogens with zero attached hydrogens (tertiary/aromatic N) is 1. The van der Waals surface area contributed by atoms with Crippen LogP contribution in [0.15, 0.2) is 192 Å². The highest BCUT2D eigenvalue weighted by molar-refractivity contribution is 6.12. The van der Waals surface area contributed by atoms with Gasteiger partial charge in [0.2, 0.25) is 0 Å². The summed E-state index contributed by atoms with van der Waals surface area (Å²) in [5.41, 5.74) is 22.8. The van der Waals surface area contributed by atoms with E-state index in [2.05, 4.69) is 214 Å². The summed E-state index contributed by atoms with van der Waals surface area (Å²) in [6.45, 7) is 9.40. The van der Waals surface area contributed by atoms with Gasteiger partial charge in [0, 0.05) is 65.9 Å². The van der Waals surface area contributed by atoms with Crippen LogP contribution in [0.3, 0.4) is 0 Å². The molecule has 63 heavy (non-hydrogen) atoms. The first-order valence-corrected chi connectivity index (χ1v) is 22.1. The van der Waals surface area contributed by atoms with Gasteiger partial charge in [0.1, 0.15) is 11.2 Å². The Morgan fingerprint density at radius 3 is 1.78 bits per heavy atom. The molecule has 0 saturated heterocycles. The van der Waals surface area contributed by atoms with E-state index in [0.717, 1.165) is 50.0 Å². The third-order valence-corrected chi connectivity index (χ3v) is 14.4. The lowest BCUT2D eigenvalue weighted by Gasteiger charge is -2.29. The molecule has 300 valence electrons. The highest BCUT2D eigenvalue weighted by atomic mass is 16.3. The number of nitrogens with one attached hydrogen (secondary N) is 1. The molecule has 0 spiro atoms. The van der Waals surface area contributed by atoms with Gasteiger partial charge in [-0.15, -0.1) is 0 Å². The van der Waals surface area contributed by atoms with E-state index in [0.29, 0.717) is 0 Å². The molecule has 0 aliphatic heterocycles. The van der Waals surface area contributed by atoms with Crippen LogP contribution < -0.4 is 4.90 Å². The maximum absolute atomic E-state index is 6.47. The minimum atomic E-state index is -0.118. The van der Waals surface area contributed by atoms with Crippen LogP contribution in [0.5, 0.6) is 0 Å². The van der Waals surface area contributed by atoms with Gasteiger partial charge in [-0.1, -0.05) is 155 Å². The van der Waals surface area contributed by atoms with Crippen LogP contribution in [0.25, 0.3) is 88.3 Å². The lowest BCUT2D eigenvalue weighted by atomic mass is 9.82. The number of rotatable bonds is 5. The highest BCUT2D eigenvalue weighted by Gasteiger charge is 2.38. The molecule has 0 fully saturated rings. The number of H-pyrrole nitrogens is 1. The van der Waals surface area contributed by atoms with Gasteiger partial charge in [-0.05, 0) is 116 Å². The Kier molecular flexibility index (Phi) is 7.42. The van der Waals surface area contributed by atoms with Crippen molar-refractivity contribution in [2.45, 2.75) is 38.5 Å². The SMILES string of the molecule is CC1(C)c2ccccc2-c2cc3c(cc21)[nH]c1ccc(-c2ccc(N(c4ccc(-c5cccc6c5oc5ccccc56)cc4)c4cccc5c4-c4ccccc4C5(C)C)cc2)cc13. The van der Waals surface area contributed by atoms with E-state index < -0.39 is 0 Å². The second-order valence-corrected chi connectivity index (χ2v) is 18.6. The van der Waals surface area contributed by atoms with Crippen LogP contribution in [-0.2, 0) is 10.8 Å². The van der Waals surface area contributed by atoms with Crippen LogP contribution in [0.4, 0.5) is 17.1 Å². The Morgan fingerprint density at radius 1 is 0.397 bits per heavy atom. The molecule has 11 aromatic rings. The Bertz CT molecular complexity index is 3670. The molecular weight excluding hydrogens is 765 g/mol. The van der Waals surface area contributed by atoms with Crippen molar-refractivity contribution >= 4 is 60.8 Å². The van der Waals surface area contributed by atoms with Crippen molar-refractivity contribution in [1.82, 2.24) is 4.98 Å². The average Bonchev–Trinajstić information content (AvgIpc) is 4.01. The summed E-state index contributed by atoms with van der Waals surface area (Å²) in [6.07, 6.45) is 0. The summed E-state index contributed by atoms with van der Waals surface area (Å²) in [4.78, 5) is 6.20. The van der Waals surface area contributed by atoms with Gasteiger partial charge in [0.25, 0.3) is 0 Å². The van der Waals surface area contributed by atoms with E-state index in [1.807, 2.05) is 12.1 Å². The molecule has 0 bridgehead atoms. The van der Waals surface area contributed by atoms with Crippen molar-refractivity contribution in [3.8, 4) is 44.5 Å². The minimum absolute atomic E-state index is 0.0379. The normalized spacial score (nSPS) is 14.3. The van der Waals surface area contributed by atoms with E-state index in [9.17, 15) is 0 Å². The Labute approximate surface area is 366 Å². The summed E-state index contributed by atoms with van der Waals surface area (Å²) >= 11 is 0. The van der Waals surface area contributed by atoms with Crippen molar-refractivity contribution in [1.29, 1.82) is 0 Å². The molecule has 1 N–H and O–H groups in total. The second kappa shape index (κ2) is 13.0. The van der Waals surface area contributed by atoms with Crippen molar-refractivity contribution < 1.29 is 4.42 Å². The summed E-state index contributed by atoms with van der Waals surface area (Å²) in [5.74, 6) is 0. The summed E-state index contributed by atoms with van der Waals surface area (Å²) in [6, 6.07) is 69.2. The molecular formula is C60H44N2O.